The van der Waals surface area contributed by atoms with Crippen molar-refractivity contribution in [1.29, 1.82) is 5.26 Å². The van der Waals surface area contributed by atoms with E-state index >= 15 is 0 Å². The number of anilines is 1. The molecule has 1 aromatic carbocycles. The zero-order valence-corrected chi connectivity index (χ0v) is 25.1. The molecule has 0 aliphatic heterocycles. The van der Waals surface area contributed by atoms with E-state index in [1.807, 2.05) is 6.07 Å². The summed E-state index contributed by atoms with van der Waals surface area (Å²) in [4.78, 5) is 36.2. The van der Waals surface area contributed by atoms with Crippen molar-refractivity contribution in [3.05, 3.63) is 35.0 Å². The SMILES string of the molecule is COc1ccc(C)c(-n2c(N(C(=O)OC(C)(C)C)C(=O)OC(C)(C)C)c(C#N)c3cnc(S(C)(=O)=O)nc32)c1C. The van der Waals surface area contributed by atoms with Crippen molar-refractivity contribution >= 4 is 38.9 Å². The minimum absolute atomic E-state index is 0.0291. The Labute approximate surface area is 233 Å². The fraction of sp³-hybridized carbons (Fsp3) is 0.444. The number of nitrogens with zero attached hydrogens (tertiary/aromatic N) is 5. The van der Waals surface area contributed by atoms with Gasteiger partial charge < -0.3 is 14.2 Å². The van der Waals surface area contributed by atoms with Gasteiger partial charge in [0.1, 0.15) is 28.6 Å². The summed E-state index contributed by atoms with van der Waals surface area (Å²) >= 11 is 0. The van der Waals surface area contributed by atoms with Gasteiger partial charge in [-0.3, -0.25) is 4.57 Å². The third-order valence-corrected chi connectivity index (χ3v) is 6.36. The minimum Gasteiger partial charge on any atom is -0.496 e. The summed E-state index contributed by atoms with van der Waals surface area (Å²) in [6.45, 7) is 13.3. The van der Waals surface area contributed by atoms with Crippen LogP contribution in [0, 0.1) is 25.2 Å². The molecule has 2 aromatic heterocycles. The summed E-state index contributed by atoms with van der Waals surface area (Å²) in [5.74, 6) is 0.214. The second kappa shape index (κ2) is 10.4. The van der Waals surface area contributed by atoms with Gasteiger partial charge in [0.15, 0.2) is 11.5 Å². The van der Waals surface area contributed by atoms with E-state index in [0.29, 0.717) is 27.5 Å². The third kappa shape index (κ3) is 6.02. The standard InChI is InChI=1S/C27H33N5O7S/c1-15-11-12-19(37-9)16(2)20(15)31-21-18(14-29-23(30-21)40(10,35)36)17(13-28)22(31)32(24(33)38-26(3,4)5)25(34)39-27(6,7)8/h11-12,14H,1-10H3. The van der Waals surface area contributed by atoms with Gasteiger partial charge >= 0.3 is 12.2 Å². The van der Waals surface area contributed by atoms with Gasteiger partial charge in [-0.2, -0.15) is 15.1 Å². The third-order valence-electron chi connectivity index (χ3n) is 5.50. The van der Waals surface area contributed by atoms with Crippen molar-refractivity contribution in [3.63, 3.8) is 0 Å². The van der Waals surface area contributed by atoms with Crippen LogP contribution in [0.4, 0.5) is 15.4 Å². The number of sulfone groups is 1. The lowest BCUT2D eigenvalue weighted by Crippen LogP contribution is -2.45. The number of nitriles is 1. The number of ether oxygens (including phenoxy) is 3. The summed E-state index contributed by atoms with van der Waals surface area (Å²) in [7, 11) is -2.40. The Hall–Kier alpha value is -4.18. The van der Waals surface area contributed by atoms with Crippen molar-refractivity contribution in [3.8, 4) is 17.5 Å². The number of imide groups is 1. The monoisotopic (exact) mass is 571 g/mol. The largest absolute Gasteiger partial charge is 0.496 e. The van der Waals surface area contributed by atoms with Crippen molar-refractivity contribution in [2.75, 3.05) is 18.3 Å². The van der Waals surface area contributed by atoms with E-state index in [-0.39, 0.29) is 22.4 Å². The summed E-state index contributed by atoms with van der Waals surface area (Å²) in [6.07, 6.45) is -0.109. The van der Waals surface area contributed by atoms with Gasteiger partial charge in [0.2, 0.25) is 15.0 Å². The van der Waals surface area contributed by atoms with E-state index in [2.05, 4.69) is 9.97 Å². The summed E-state index contributed by atoms with van der Waals surface area (Å²) in [6, 6.07) is 5.51. The van der Waals surface area contributed by atoms with Crippen LogP contribution in [0.3, 0.4) is 0 Å². The number of methoxy groups -OCH3 is 1. The van der Waals surface area contributed by atoms with E-state index in [1.165, 1.54) is 17.9 Å². The molecular weight excluding hydrogens is 538 g/mol. The molecule has 0 saturated carbocycles. The maximum absolute atomic E-state index is 13.7. The Balaban J connectivity index is 2.61. The van der Waals surface area contributed by atoms with Crippen molar-refractivity contribution in [2.45, 2.75) is 71.7 Å². The first kappa shape index (κ1) is 30.4. The van der Waals surface area contributed by atoms with Crippen LogP contribution in [-0.4, -0.2) is 59.7 Å². The molecule has 0 atom stereocenters. The molecule has 12 nitrogen and oxygen atoms in total. The number of carbonyl (C=O) groups is 2. The number of rotatable bonds is 4. The second-order valence-corrected chi connectivity index (χ2v) is 13.1. The van der Waals surface area contributed by atoms with Crippen LogP contribution in [0.5, 0.6) is 5.75 Å². The van der Waals surface area contributed by atoms with Gasteiger partial charge in [-0.1, -0.05) is 6.07 Å². The Bertz CT molecular complexity index is 1630. The van der Waals surface area contributed by atoms with Crippen LogP contribution in [0.15, 0.2) is 23.5 Å². The van der Waals surface area contributed by atoms with Crippen LogP contribution in [0.25, 0.3) is 16.7 Å². The maximum atomic E-state index is 13.7. The number of benzene rings is 1. The summed E-state index contributed by atoms with van der Waals surface area (Å²) in [5, 5.41) is 9.93. The molecule has 0 aliphatic carbocycles. The topological polar surface area (TPSA) is 154 Å². The molecule has 0 bridgehead atoms. The average molecular weight is 572 g/mol. The lowest BCUT2D eigenvalue weighted by molar-refractivity contribution is 0.0428. The highest BCUT2D eigenvalue weighted by Gasteiger charge is 2.39. The second-order valence-electron chi connectivity index (χ2n) is 11.2. The highest BCUT2D eigenvalue weighted by molar-refractivity contribution is 7.90. The molecule has 0 saturated heterocycles. The molecule has 2 amide bonds. The quantitative estimate of drug-likeness (QED) is 0.391. The molecule has 0 radical (unpaired) electrons. The molecule has 0 aliphatic rings. The molecule has 0 N–H and O–H groups in total. The maximum Gasteiger partial charge on any atom is 0.425 e. The van der Waals surface area contributed by atoms with Crippen LogP contribution in [0.1, 0.15) is 58.2 Å². The first-order chi connectivity index (χ1) is 18.3. The number of aryl methyl sites for hydroxylation is 1. The van der Waals surface area contributed by atoms with Gasteiger partial charge in [-0.15, -0.1) is 0 Å². The summed E-state index contributed by atoms with van der Waals surface area (Å²) in [5.41, 5.74) is -0.632. The van der Waals surface area contributed by atoms with Crippen LogP contribution in [-0.2, 0) is 19.3 Å². The Morgan fingerprint density at radius 2 is 1.57 bits per heavy atom. The van der Waals surface area contributed by atoms with Crippen LogP contribution in [0.2, 0.25) is 0 Å². The number of hydrogen-bond acceptors (Lipinski definition) is 10. The highest BCUT2D eigenvalue weighted by Crippen LogP contribution is 2.40. The van der Waals surface area contributed by atoms with Gasteiger partial charge in [0.25, 0.3) is 0 Å². The molecule has 0 spiro atoms. The van der Waals surface area contributed by atoms with Crippen molar-refractivity contribution < 1.29 is 32.2 Å². The molecule has 3 rings (SSSR count). The number of carbonyl (C=O) groups excluding carboxylic acids is 2. The predicted octanol–water partition coefficient (Wildman–Crippen LogP) is 5.00. The summed E-state index contributed by atoms with van der Waals surface area (Å²) < 4.78 is 42.8. The van der Waals surface area contributed by atoms with E-state index in [4.69, 9.17) is 14.2 Å². The lowest BCUT2D eigenvalue weighted by Gasteiger charge is -2.29. The first-order valence-electron chi connectivity index (χ1n) is 12.2. The van der Waals surface area contributed by atoms with E-state index in [9.17, 15) is 23.3 Å². The number of fused-ring (bicyclic) bond motifs is 1. The molecule has 3 aromatic rings. The number of amides is 2. The average Bonchev–Trinajstić information content (AvgIpc) is 3.09. The van der Waals surface area contributed by atoms with E-state index in [1.54, 1.807) is 67.5 Å². The molecule has 13 heteroatoms. The zero-order valence-electron chi connectivity index (χ0n) is 24.2. The molecule has 0 fully saturated rings. The van der Waals surface area contributed by atoms with Crippen LogP contribution < -0.4 is 9.64 Å². The van der Waals surface area contributed by atoms with Crippen molar-refractivity contribution in [2.24, 2.45) is 0 Å². The van der Waals surface area contributed by atoms with Gasteiger partial charge in [0.05, 0.1) is 18.2 Å². The molecular formula is C27H33N5O7S. The molecule has 0 unspecified atom stereocenters. The smallest absolute Gasteiger partial charge is 0.425 e. The Morgan fingerprint density at radius 3 is 2.02 bits per heavy atom. The lowest BCUT2D eigenvalue weighted by atomic mass is 10.1. The fourth-order valence-corrected chi connectivity index (χ4v) is 4.49. The fourth-order valence-electron chi connectivity index (χ4n) is 3.99. The zero-order chi connectivity index (χ0) is 30.4. The van der Waals surface area contributed by atoms with Gasteiger partial charge in [-0.25, -0.2) is 23.0 Å². The number of hydrogen-bond donors (Lipinski definition) is 0. The van der Waals surface area contributed by atoms with Crippen molar-refractivity contribution in [1.82, 2.24) is 14.5 Å². The van der Waals surface area contributed by atoms with E-state index in [0.717, 1.165) is 6.26 Å². The molecule has 40 heavy (non-hydrogen) atoms. The van der Waals surface area contributed by atoms with E-state index < -0.39 is 38.4 Å². The van der Waals surface area contributed by atoms with Gasteiger partial charge in [-0.05, 0) is 67.0 Å². The van der Waals surface area contributed by atoms with Gasteiger partial charge in [0, 0.05) is 18.0 Å². The predicted molar refractivity (Wildman–Crippen MR) is 148 cm³/mol. The minimum atomic E-state index is -3.88. The Morgan fingerprint density at radius 1 is 1.02 bits per heavy atom. The Kier molecular flexibility index (Phi) is 7.91. The van der Waals surface area contributed by atoms with Crippen LogP contribution >= 0.6 is 0 Å². The first-order valence-corrected chi connectivity index (χ1v) is 14.1. The molecule has 214 valence electrons. The highest BCUT2D eigenvalue weighted by atomic mass is 32.2. The number of aromatic nitrogens is 3. The molecule has 2 heterocycles. The normalized spacial score (nSPS) is 12.1.